The molecule has 0 saturated carbocycles. The van der Waals surface area contributed by atoms with Crippen LogP contribution in [-0.4, -0.2) is 71.6 Å². The van der Waals surface area contributed by atoms with Crippen LogP contribution in [0.5, 0.6) is 0 Å². The number of fused-ring (bicyclic) bond motifs is 1. The second-order valence-electron chi connectivity index (χ2n) is 9.91. The molecule has 0 bridgehead atoms. The molecule has 194 valence electrons. The van der Waals surface area contributed by atoms with Gasteiger partial charge in [-0.3, -0.25) is 24.0 Å². The highest BCUT2D eigenvalue weighted by molar-refractivity contribution is 5.97. The fourth-order valence-corrected chi connectivity index (χ4v) is 5.03. The monoisotopic (exact) mass is 497 g/mol. The molecule has 3 saturated heterocycles. The Balaban J connectivity index is 1.40. The molecule has 3 heterocycles. The summed E-state index contributed by atoms with van der Waals surface area (Å²) >= 11 is 0. The molecule has 3 fully saturated rings. The summed E-state index contributed by atoms with van der Waals surface area (Å²) in [4.78, 5) is 65.7. The third-order valence-electron chi connectivity index (χ3n) is 7.17. The highest BCUT2D eigenvalue weighted by atomic mass is 16.6. The van der Waals surface area contributed by atoms with Crippen molar-refractivity contribution in [2.45, 2.75) is 88.4 Å². The highest BCUT2D eigenvalue weighted by Crippen LogP contribution is 2.21. The van der Waals surface area contributed by atoms with Crippen molar-refractivity contribution in [1.29, 1.82) is 0 Å². The largest absolute Gasteiger partial charge is 0.365 e. The van der Waals surface area contributed by atoms with Crippen molar-refractivity contribution in [3.63, 3.8) is 0 Å². The number of carbonyl (C=O) groups is 5. The normalized spacial score (nSPS) is 26.9. The van der Waals surface area contributed by atoms with Crippen molar-refractivity contribution in [2.24, 2.45) is 0 Å². The number of amides is 3. The van der Waals surface area contributed by atoms with E-state index < -0.39 is 18.1 Å². The van der Waals surface area contributed by atoms with Gasteiger partial charge in [-0.1, -0.05) is 43.2 Å². The lowest BCUT2D eigenvalue weighted by atomic mass is 9.98. The van der Waals surface area contributed by atoms with Gasteiger partial charge in [-0.25, -0.2) is 0 Å². The van der Waals surface area contributed by atoms with Gasteiger partial charge in [-0.05, 0) is 31.2 Å². The van der Waals surface area contributed by atoms with Crippen molar-refractivity contribution in [1.82, 2.24) is 15.5 Å². The first-order chi connectivity index (χ1) is 17.4. The number of rotatable bonds is 9. The Morgan fingerprint density at radius 3 is 2.50 bits per heavy atom. The molecule has 36 heavy (non-hydrogen) atoms. The molecular formula is C27H35N3O6. The molecule has 9 heteroatoms. The number of nitrogens with one attached hydrogen (secondary N) is 2. The molecule has 3 aliphatic rings. The summed E-state index contributed by atoms with van der Waals surface area (Å²) in [6.07, 6.45) is 4.30. The molecular weight excluding hydrogens is 462 g/mol. The van der Waals surface area contributed by atoms with Gasteiger partial charge in [0.2, 0.25) is 17.7 Å². The van der Waals surface area contributed by atoms with E-state index in [2.05, 4.69) is 10.6 Å². The number of Topliss-reactive ketones (excluding diaryl/α,β-unsaturated/α-hetero) is 2. The average molecular weight is 498 g/mol. The van der Waals surface area contributed by atoms with Crippen molar-refractivity contribution in [3.05, 3.63) is 35.9 Å². The zero-order valence-corrected chi connectivity index (χ0v) is 20.6. The van der Waals surface area contributed by atoms with Gasteiger partial charge < -0.3 is 20.3 Å². The van der Waals surface area contributed by atoms with E-state index >= 15 is 0 Å². The van der Waals surface area contributed by atoms with Gasteiger partial charge in [0, 0.05) is 32.2 Å². The van der Waals surface area contributed by atoms with E-state index in [1.54, 1.807) is 4.90 Å². The van der Waals surface area contributed by atoms with E-state index in [-0.39, 0.29) is 48.2 Å². The van der Waals surface area contributed by atoms with Crippen LogP contribution in [0.25, 0.3) is 0 Å². The molecule has 1 aromatic rings. The Morgan fingerprint density at radius 2 is 1.75 bits per heavy atom. The Hall–Kier alpha value is -3.07. The molecule has 2 N–H and O–H groups in total. The van der Waals surface area contributed by atoms with Crippen LogP contribution in [0.1, 0.15) is 63.4 Å². The summed E-state index contributed by atoms with van der Waals surface area (Å²) in [7, 11) is 0. The second-order valence-corrected chi connectivity index (χ2v) is 9.91. The van der Waals surface area contributed by atoms with Gasteiger partial charge in [0.1, 0.15) is 18.2 Å². The maximum Gasteiger partial charge on any atom is 0.246 e. The van der Waals surface area contributed by atoms with Gasteiger partial charge in [0.05, 0.1) is 12.6 Å². The van der Waals surface area contributed by atoms with E-state index in [4.69, 9.17) is 4.74 Å². The summed E-state index contributed by atoms with van der Waals surface area (Å²) < 4.78 is 5.00. The van der Waals surface area contributed by atoms with Crippen LogP contribution in [0.4, 0.5) is 0 Å². The minimum absolute atomic E-state index is 0.00505. The van der Waals surface area contributed by atoms with Crippen molar-refractivity contribution < 1.29 is 28.7 Å². The molecule has 1 aromatic carbocycles. The topological polar surface area (TPSA) is 125 Å². The number of ether oxygens (including phenoxy) is 1. The van der Waals surface area contributed by atoms with Crippen LogP contribution in [0.15, 0.2) is 30.3 Å². The lowest BCUT2D eigenvalue weighted by Crippen LogP contribution is -2.56. The van der Waals surface area contributed by atoms with Gasteiger partial charge in [-0.15, -0.1) is 0 Å². The van der Waals surface area contributed by atoms with Crippen LogP contribution < -0.4 is 10.6 Å². The molecule has 3 aliphatic heterocycles. The van der Waals surface area contributed by atoms with Crippen LogP contribution in [0.2, 0.25) is 0 Å². The Labute approximate surface area is 211 Å². The van der Waals surface area contributed by atoms with E-state index in [1.807, 2.05) is 30.3 Å². The Kier molecular flexibility index (Phi) is 8.85. The van der Waals surface area contributed by atoms with Crippen LogP contribution in [-0.2, 0) is 35.1 Å². The molecule has 0 radical (unpaired) electrons. The van der Waals surface area contributed by atoms with Crippen molar-refractivity contribution in [3.8, 4) is 0 Å². The predicted octanol–water partition coefficient (Wildman–Crippen LogP) is 1.47. The number of hydrogen-bond donors (Lipinski definition) is 2. The van der Waals surface area contributed by atoms with Gasteiger partial charge >= 0.3 is 0 Å². The van der Waals surface area contributed by atoms with Crippen molar-refractivity contribution in [2.75, 3.05) is 13.2 Å². The average Bonchev–Trinajstić information content (AvgIpc) is 3.61. The predicted molar refractivity (Wildman–Crippen MR) is 131 cm³/mol. The van der Waals surface area contributed by atoms with Crippen LogP contribution in [0.3, 0.4) is 0 Å². The van der Waals surface area contributed by atoms with Crippen molar-refractivity contribution >= 4 is 29.3 Å². The molecule has 4 rings (SSSR count). The molecule has 0 aromatic heterocycles. The summed E-state index contributed by atoms with van der Waals surface area (Å²) in [5, 5.41) is 5.71. The summed E-state index contributed by atoms with van der Waals surface area (Å²) in [5.74, 6) is -0.993. The van der Waals surface area contributed by atoms with Gasteiger partial charge in [0.25, 0.3) is 0 Å². The second kappa shape index (κ2) is 12.3. The number of hydrogen-bond acceptors (Lipinski definition) is 6. The number of nitrogens with zero attached hydrogens (tertiary/aromatic N) is 1. The fourth-order valence-electron chi connectivity index (χ4n) is 5.03. The zero-order chi connectivity index (χ0) is 25.5. The first-order valence-corrected chi connectivity index (χ1v) is 13.0. The summed E-state index contributed by atoms with van der Waals surface area (Å²) in [6, 6.07) is 7.28. The first-order valence-electron chi connectivity index (χ1n) is 13.0. The highest BCUT2D eigenvalue weighted by Gasteiger charge is 2.39. The van der Waals surface area contributed by atoms with E-state index in [1.165, 1.54) is 0 Å². The van der Waals surface area contributed by atoms with E-state index in [9.17, 15) is 24.0 Å². The van der Waals surface area contributed by atoms with Crippen LogP contribution >= 0.6 is 0 Å². The number of unbranched alkanes of at least 4 members (excludes halogenated alkanes) is 2. The first kappa shape index (κ1) is 26.0. The summed E-state index contributed by atoms with van der Waals surface area (Å²) in [5.41, 5.74) is 0.908. The number of carbonyl (C=O) groups excluding carboxylic acids is 5. The molecule has 4 atom stereocenters. The lowest BCUT2D eigenvalue weighted by Gasteiger charge is -2.30. The smallest absolute Gasteiger partial charge is 0.246 e. The van der Waals surface area contributed by atoms with E-state index in [0.717, 1.165) is 12.0 Å². The molecule has 0 aliphatic carbocycles. The third-order valence-corrected chi connectivity index (χ3v) is 7.17. The molecule has 0 spiro atoms. The third kappa shape index (κ3) is 7.00. The summed E-state index contributed by atoms with van der Waals surface area (Å²) in [6.45, 7) is 0.956. The minimum atomic E-state index is -0.789. The fraction of sp³-hybridized carbons (Fsp3) is 0.593. The van der Waals surface area contributed by atoms with Crippen LogP contribution in [0, 0.1) is 0 Å². The Bertz CT molecular complexity index is 977. The standard InChI is InChI=1S/C27H35N3O6/c31-22-13-14-25(33)28-20(16-18-8-3-1-4-9-18)27(35)30-15-7-11-21(30)26(34)29-19(22)10-5-2-6-12-23(32)24-17-36-24/h1,3-4,8-9,19-21,24H,2,5-7,10-17H2,(H,28,33)(H,29,34)/t19-,20-,21+,24-/m0/s1. The number of benzene rings is 1. The molecule has 0 unspecified atom stereocenters. The molecule has 9 nitrogen and oxygen atoms in total. The quantitative estimate of drug-likeness (QED) is 0.393. The molecule has 3 amide bonds. The Morgan fingerprint density at radius 1 is 0.972 bits per heavy atom. The zero-order valence-electron chi connectivity index (χ0n) is 20.6. The number of ketones is 2. The lowest BCUT2D eigenvalue weighted by molar-refractivity contribution is -0.142. The minimum Gasteiger partial charge on any atom is -0.365 e. The SMILES string of the molecule is O=C1CCC(=O)[C@H](CCCCCC(=O)[C@@H]2CO2)NC(=O)[C@H]2CCCN2C(=O)[C@H](Cc2ccccc2)N1. The van der Waals surface area contributed by atoms with E-state index in [0.29, 0.717) is 58.1 Å². The number of epoxide rings is 1. The maximum atomic E-state index is 13.5. The van der Waals surface area contributed by atoms with Gasteiger partial charge in [0.15, 0.2) is 11.6 Å². The van der Waals surface area contributed by atoms with Gasteiger partial charge in [-0.2, -0.15) is 0 Å². The maximum absolute atomic E-state index is 13.5.